The Morgan fingerprint density at radius 2 is 1.97 bits per heavy atom. The SMILES string of the molecule is CCCC[C@](C)(CO)Nc1nc(N)nc2cc(-c3cc(=O)n(C)cc3CN3CCCCC3)cnc12. The average Bonchev–Trinajstić information content (AvgIpc) is 2.85. The molecule has 1 fully saturated rings. The first-order chi connectivity index (χ1) is 16.8. The van der Waals surface area contributed by atoms with Crippen molar-refractivity contribution in [1.82, 2.24) is 24.4 Å². The summed E-state index contributed by atoms with van der Waals surface area (Å²) in [6.07, 6.45) is 10.2. The van der Waals surface area contributed by atoms with Crippen LogP contribution in [-0.4, -0.2) is 54.8 Å². The first-order valence-corrected chi connectivity index (χ1v) is 12.6. The van der Waals surface area contributed by atoms with Gasteiger partial charge in [-0.05, 0) is 56.5 Å². The van der Waals surface area contributed by atoms with E-state index in [1.807, 2.05) is 19.2 Å². The number of nitrogens with one attached hydrogen (secondary N) is 1. The van der Waals surface area contributed by atoms with Gasteiger partial charge in [-0.25, -0.2) is 4.98 Å². The van der Waals surface area contributed by atoms with Crippen molar-refractivity contribution >= 4 is 22.8 Å². The Labute approximate surface area is 206 Å². The molecule has 0 unspecified atom stereocenters. The summed E-state index contributed by atoms with van der Waals surface area (Å²) in [6.45, 7) is 6.97. The molecule has 1 saturated heterocycles. The second kappa shape index (κ2) is 10.7. The van der Waals surface area contributed by atoms with Crippen molar-refractivity contribution in [3.05, 3.63) is 40.4 Å². The fourth-order valence-corrected chi connectivity index (χ4v) is 4.74. The van der Waals surface area contributed by atoms with Gasteiger partial charge in [0.05, 0.1) is 17.7 Å². The van der Waals surface area contributed by atoms with Gasteiger partial charge in [0.25, 0.3) is 5.56 Å². The number of pyridine rings is 2. The molecule has 0 saturated carbocycles. The normalized spacial score (nSPS) is 16.3. The van der Waals surface area contributed by atoms with Gasteiger partial charge >= 0.3 is 0 Å². The van der Waals surface area contributed by atoms with E-state index in [0.29, 0.717) is 16.9 Å². The molecule has 1 atom stereocenters. The van der Waals surface area contributed by atoms with Crippen LogP contribution >= 0.6 is 0 Å². The van der Waals surface area contributed by atoms with Crippen LogP contribution in [0.25, 0.3) is 22.2 Å². The Morgan fingerprint density at radius 1 is 1.20 bits per heavy atom. The molecule has 0 radical (unpaired) electrons. The molecule has 0 spiro atoms. The molecular weight excluding hydrogens is 442 g/mol. The summed E-state index contributed by atoms with van der Waals surface area (Å²) in [6, 6.07) is 3.60. The van der Waals surface area contributed by atoms with Gasteiger partial charge in [-0.15, -0.1) is 0 Å². The van der Waals surface area contributed by atoms with E-state index in [-0.39, 0.29) is 18.1 Å². The second-order valence-electron chi connectivity index (χ2n) is 9.97. The number of nitrogen functional groups attached to an aromatic ring is 1. The van der Waals surface area contributed by atoms with Crippen molar-refractivity contribution in [2.45, 2.75) is 64.5 Å². The van der Waals surface area contributed by atoms with E-state index in [4.69, 9.17) is 10.7 Å². The van der Waals surface area contributed by atoms with E-state index in [9.17, 15) is 9.90 Å². The van der Waals surface area contributed by atoms with Crippen LogP contribution in [0.2, 0.25) is 0 Å². The van der Waals surface area contributed by atoms with E-state index in [1.54, 1.807) is 23.9 Å². The first kappa shape index (κ1) is 25.1. The maximum Gasteiger partial charge on any atom is 0.250 e. The Bertz CT molecular complexity index is 1240. The number of aliphatic hydroxyl groups excluding tert-OH is 1. The third-order valence-corrected chi connectivity index (χ3v) is 6.87. The Hall–Kier alpha value is -3.04. The van der Waals surface area contributed by atoms with Crippen LogP contribution in [0.3, 0.4) is 0 Å². The van der Waals surface area contributed by atoms with Crippen LogP contribution in [-0.2, 0) is 13.6 Å². The summed E-state index contributed by atoms with van der Waals surface area (Å²) in [7, 11) is 1.78. The molecule has 4 N–H and O–H groups in total. The highest BCUT2D eigenvalue weighted by Crippen LogP contribution is 2.30. The Kier molecular flexibility index (Phi) is 7.66. The van der Waals surface area contributed by atoms with Crippen LogP contribution in [0.5, 0.6) is 0 Å². The second-order valence-corrected chi connectivity index (χ2v) is 9.97. The van der Waals surface area contributed by atoms with E-state index < -0.39 is 5.54 Å². The van der Waals surface area contributed by atoms with E-state index in [1.165, 1.54) is 19.3 Å². The number of hydrogen-bond donors (Lipinski definition) is 3. The summed E-state index contributed by atoms with van der Waals surface area (Å²) < 4.78 is 1.63. The molecule has 1 aliphatic heterocycles. The Balaban J connectivity index is 1.74. The molecule has 0 aromatic carbocycles. The number of anilines is 2. The van der Waals surface area contributed by atoms with Gasteiger partial charge in [0.1, 0.15) is 5.52 Å². The molecule has 4 heterocycles. The van der Waals surface area contributed by atoms with E-state index >= 15 is 0 Å². The van der Waals surface area contributed by atoms with Gasteiger partial charge < -0.3 is 20.7 Å². The zero-order chi connectivity index (χ0) is 25.0. The minimum atomic E-state index is -0.544. The predicted octanol–water partition coefficient (Wildman–Crippen LogP) is 3.31. The average molecular weight is 480 g/mol. The smallest absolute Gasteiger partial charge is 0.250 e. The molecular formula is C26H37N7O2. The lowest BCUT2D eigenvalue weighted by Gasteiger charge is -2.29. The largest absolute Gasteiger partial charge is 0.394 e. The van der Waals surface area contributed by atoms with E-state index in [0.717, 1.165) is 55.6 Å². The van der Waals surface area contributed by atoms with Crippen LogP contribution in [0.1, 0.15) is 57.9 Å². The standard InChI is InChI=1S/C26H37N7O2/c1-4-5-9-26(2,17-34)31-24-23-21(29-25(27)30-24)12-18(14-28-23)20-13-22(35)32(3)15-19(20)16-33-10-7-6-8-11-33/h12-15,34H,4-11,16-17H2,1-3H3,(H3,27,29,30,31)/t26-/m1/s1. The molecule has 0 amide bonds. The zero-order valence-corrected chi connectivity index (χ0v) is 21.0. The van der Waals surface area contributed by atoms with Gasteiger partial charge in [-0.2, -0.15) is 4.98 Å². The van der Waals surface area contributed by atoms with Crippen molar-refractivity contribution in [3.63, 3.8) is 0 Å². The topological polar surface area (TPSA) is 122 Å². The van der Waals surface area contributed by atoms with Crippen LogP contribution in [0.15, 0.2) is 29.3 Å². The highest BCUT2D eigenvalue weighted by atomic mass is 16.3. The third kappa shape index (κ3) is 5.79. The first-order valence-electron chi connectivity index (χ1n) is 12.6. The third-order valence-electron chi connectivity index (χ3n) is 6.87. The lowest BCUT2D eigenvalue weighted by atomic mass is 9.96. The van der Waals surface area contributed by atoms with Crippen molar-refractivity contribution in [3.8, 4) is 11.1 Å². The van der Waals surface area contributed by atoms with E-state index in [2.05, 4.69) is 27.1 Å². The monoisotopic (exact) mass is 479 g/mol. The number of unbranched alkanes of at least 4 members (excludes halogenated alkanes) is 1. The van der Waals surface area contributed by atoms with Crippen LogP contribution in [0.4, 0.5) is 11.8 Å². The predicted molar refractivity (Wildman–Crippen MR) is 140 cm³/mol. The molecule has 0 aliphatic carbocycles. The maximum atomic E-state index is 12.6. The summed E-state index contributed by atoms with van der Waals surface area (Å²) in [5.41, 5.74) is 9.40. The molecule has 188 valence electrons. The summed E-state index contributed by atoms with van der Waals surface area (Å²) in [5.74, 6) is 0.636. The number of nitrogens with two attached hydrogens (primary N) is 1. The number of fused-ring (bicyclic) bond motifs is 1. The van der Waals surface area contributed by atoms with Crippen molar-refractivity contribution in [1.29, 1.82) is 0 Å². The molecule has 35 heavy (non-hydrogen) atoms. The summed E-state index contributed by atoms with van der Waals surface area (Å²) in [4.78, 5) is 28.5. The van der Waals surface area contributed by atoms with Crippen molar-refractivity contribution in [2.75, 3.05) is 30.7 Å². The molecule has 1 aliphatic rings. The maximum absolute atomic E-state index is 12.6. The Morgan fingerprint density at radius 3 is 2.69 bits per heavy atom. The number of aliphatic hydroxyl groups is 1. The lowest BCUT2D eigenvalue weighted by molar-refractivity contribution is 0.212. The van der Waals surface area contributed by atoms with Gasteiger partial charge in [0.15, 0.2) is 5.82 Å². The number of rotatable bonds is 9. The molecule has 9 heteroatoms. The minimum Gasteiger partial charge on any atom is -0.394 e. The van der Waals surface area contributed by atoms with Crippen LogP contribution < -0.4 is 16.6 Å². The summed E-state index contributed by atoms with van der Waals surface area (Å²) in [5, 5.41) is 13.4. The molecule has 3 aromatic rings. The highest BCUT2D eigenvalue weighted by Gasteiger charge is 2.25. The number of likely N-dealkylation sites (tertiary alicyclic amines) is 1. The van der Waals surface area contributed by atoms with Gasteiger partial charge in [-0.3, -0.25) is 14.7 Å². The fraction of sp³-hybridized carbons (Fsp3) is 0.538. The summed E-state index contributed by atoms with van der Waals surface area (Å²) >= 11 is 0. The molecule has 4 rings (SSSR count). The number of aromatic nitrogens is 4. The number of hydrogen-bond acceptors (Lipinski definition) is 8. The molecule has 0 bridgehead atoms. The lowest BCUT2D eigenvalue weighted by Crippen LogP contribution is -2.39. The van der Waals surface area contributed by atoms with Crippen LogP contribution in [0, 0.1) is 0 Å². The van der Waals surface area contributed by atoms with Gasteiger partial charge in [0.2, 0.25) is 5.95 Å². The fourth-order valence-electron chi connectivity index (χ4n) is 4.74. The highest BCUT2D eigenvalue weighted by molar-refractivity contribution is 5.89. The van der Waals surface area contributed by atoms with Gasteiger partial charge in [-0.1, -0.05) is 26.2 Å². The minimum absolute atomic E-state index is 0.0380. The van der Waals surface area contributed by atoms with Crippen molar-refractivity contribution in [2.24, 2.45) is 7.05 Å². The number of piperidine rings is 1. The quantitative estimate of drug-likeness (QED) is 0.427. The van der Waals surface area contributed by atoms with Crippen molar-refractivity contribution < 1.29 is 5.11 Å². The number of nitrogens with zero attached hydrogens (tertiary/aromatic N) is 5. The zero-order valence-electron chi connectivity index (χ0n) is 21.0. The number of aryl methyl sites for hydroxylation is 1. The molecule has 3 aromatic heterocycles. The molecule has 9 nitrogen and oxygen atoms in total. The van der Waals surface area contributed by atoms with Gasteiger partial charge in [0, 0.05) is 37.6 Å².